The third-order valence-corrected chi connectivity index (χ3v) is 2.85. The van der Waals surface area contributed by atoms with Crippen LogP contribution in [0.3, 0.4) is 0 Å². The summed E-state index contributed by atoms with van der Waals surface area (Å²) >= 11 is 0. The van der Waals surface area contributed by atoms with Gasteiger partial charge in [-0.15, -0.1) is 0 Å². The first-order valence-electron chi connectivity index (χ1n) is 6.35. The van der Waals surface area contributed by atoms with Crippen molar-refractivity contribution in [3.63, 3.8) is 0 Å². The van der Waals surface area contributed by atoms with Crippen molar-refractivity contribution in [1.29, 1.82) is 0 Å². The lowest BCUT2D eigenvalue weighted by atomic mass is 10.1. The number of benzene rings is 1. The highest BCUT2D eigenvalue weighted by Gasteiger charge is 2.21. The number of hydrogen-bond acceptors (Lipinski definition) is 7. The standard InChI is InChI=1S/C14H17N5O2/c1-9-16-11(8-12(17-9)19-15)18-13(14(20)21-2)10-6-4-3-5-7-10/h3-8,13H,15H2,1-2H3,(H2,16,17,18,19). The third kappa shape index (κ3) is 3.67. The van der Waals surface area contributed by atoms with E-state index in [-0.39, 0.29) is 0 Å². The zero-order valence-electron chi connectivity index (χ0n) is 11.8. The molecule has 110 valence electrons. The highest BCUT2D eigenvalue weighted by Crippen LogP contribution is 2.21. The van der Waals surface area contributed by atoms with E-state index in [0.717, 1.165) is 5.56 Å². The van der Waals surface area contributed by atoms with Crippen LogP contribution in [0.4, 0.5) is 11.6 Å². The van der Waals surface area contributed by atoms with Crippen LogP contribution in [0.1, 0.15) is 17.4 Å². The number of rotatable bonds is 5. The molecule has 4 N–H and O–H groups in total. The Bertz CT molecular complexity index is 618. The molecule has 1 aromatic carbocycles. The molecule has 7 nitrogen and oxygen atoms in total. The SMILES string of the molecule is COC(=O)C(Nc1cc(NN)nc(C)n1)c1ccccc1. The third-order valence-electron chi connectivity index (χ3n) is 2.85. The van der Waals surface area contributed by atoms with E-state index in [9.17, 15) is 4.79 Å². The van der Waals surface area contributed by atoms with Gasteiger partial charge in [-0.05, 0) is 12.5 Å². The molecule has 1 aromatic heterocycles. The average molecular weight is 287 g/mol. The maximum atomic E-state index is 12.0. The molecule has 1 heterocycles. The summed E-state index contributed by atoms with van der Waals surface area (Å²) in [6, 6.07) is 10.2. The van der Waals surface area contributed by atoms with Crippen LogP contribution >= 0.6 is 0 Å². The number of esters is 1. The maximum Gasteiger partial charge on any atom is 0.333 e. The summed E-state index contributed by atoms with van der Waals surface area (Å²) in [7, 11) is 1.35. The van der Waals surface area contributed by atoms with Crippen molar-refractivity contribution < 1.29 is 9.53 Å². The fourth-order valence-corrected chi connectivity index (χ4v) is 1.91. The van der Waals surface area contributed by atoms with Gasteiger partial charge in [-0.3, -0.25) is 0 Å². The van der Waals surface area contributed by atoms with Gasteiger partial charge in [-0.2, -0.15) is 0 Å². The van der Waals surface area contributed by atoms with Crippen LogP contribution in [-0.4, -0.2) is 23.0 Å². The number of carbonyl (C=O) groups is 1. The summed E-state index contributed by atoms with van der Waals surface area (Å²) in [5, 5.41) is 3.04. The fraction of sp³-hybridized carbons (Fsp3) is 0.214. The number of nitrogens with one attached hydrogen (secondary N) is 2. The van der Waals surface area contributed by atoms with Crippen LogP contribution in [-0.2, 0) is 9.53 Å². The van der Waals surface area contributed by atoms with Crippen LogP contribution < -0.4 is 16.6 Å². The second-order valence-corrected chi connectivity index (χ2v) is 4.34. The predicted octanol–water partition coefficient (Wildman–Crippen LogP) is 1.40. The molecule has 0 saturated heterocycles. The minimum absolute atomic E-state index is 0.403. The Morgan fingerprint density at radius 3 is 2.52 bits per heavy atom. The number of aryl methyl sites for hydroxylation is 1. The molecular formula is C14H17N5O2. The Balaban J connectivity index is 2.31. The van der Waals surface area contributed by atoms with E-state index in [1.165, 1.54) is 7.11 Å². The van der Waals surface area contributed by atoms with E-state index in [2.05, 4.69) is 20.7 Å². The number of nitrogens with two attached hydrogens (primary N) is 1. The topological polar surface area (TPSA) is 102 Å². The minimum atomic E-state index is -0.656. The van der Waals surface area contributed by atoms with Gasteiger partial charge in [0.05, 0.1) is 7.11 Å². The summed E-state index contributed by atoms with van der Waals surface area (Å²) in [5.74, 6) is 6.43. The predicted molar refractivity (Wildman–Crippen MR) is 79.4 cm³/mol. The van der Waals surface area contributed by atoms with E-state index in [1.54, 1.807) is 13.0 Å². The minimum Gasteiger partial charge on any atom is -0.467 e. The quantitative estimate of drug-likeness (QED) is 0.434. The summed E-state index contributed by atoms with van der Waals surface area (Å²) in [4.78, 5) is 20.3. The highest BCUT2D eigenvalue weighted by molar-refractivity contribution is 5.80. The van der Waals surface area contributed by atoms with E-state index in [1.807, 2.05) is 30.3 Å². The number of nitrogen functional groups attached to an aromatic ring is 1. The van der Waals surface area contributed by atoms with Gasteiger partial charge < -0.3 is 15.5 Å². The molecule has 2 rings (SSSR count). The van der Waals surface area contributed by atoms with Gasteiger partial charge in [0.25, 0.3) is 0 Å². The number of hydrazine groups is 1. The van der Waals surface area contributed by atoms with Crippen molar-refractivity contribution >= 4 is 17.6 Å². The lowest BCUT2D eigenvalue weighted by Gasteiger charge is -2.18. The Morgan fingerprint density at radius 1 is 1.24 bits per heavy atom. The number of nitrogens with zero attached hydrogens (tertiary/aromatic N) is 2. The zero-order chi connectivity index (χ0) is 15.2. The molecule has 0 bridgehead atoms. The van der Waals surface area contributed by atoms with E-state index in [4.69, 9.17) is 10.6 Å². The molecule has 0 aliphatic rings. The van der Waals surface area contributed by atoms with Crippen molar-refractivity contribution in [2.45, 2.75) is 13.0 Å². The number of aromatic nitrogens is 2. The van der Waals surface area contributed by atoms with E-state index >= 15 is 0 Å². The Hall–Kier alpha value is -2.67. The van der Waals surface area contributed by atoms with Gasteiger partial charge in [-0.25, -0.2) is 20.6 Å². The molecular weight excluding hydrogens is 270 g/mol. The molecule has 21 heavy (non-hydrogen) atoms. The van der Waals surface area contributed by atoms with Crippen molar-refractivity contribution in [1.82, 2.24) is 9.97 Å². The van der Waals surface area contributed by atoms with Crippen LogP contribution in [0, 0.1) is 6.92 Å². The number of hydrogen-bond donors (Lipinski definition) is 3. The summed E-state index contributed by atoms with van der Waals surface area (Å²) in [6.07, 6.45) is 0. The van der Waals surface area contributed by atoms with Crippen molar-refractivity contribution in [2.24, 2.45) is 5.84 Å². The van der Waals surface area contributed by atoms with Crippen molar-refractivity contribution in [3.05, 3.63) is 47.8 Å². The second kappa shape index (κ2) is 6.67. The lowest BCUT2D eigenvalue weighted by Crippen LogP contribution is -2.23. The molecule has 2 aromatic rings. The van der Waals surface area contributed by atoms with Gasteiger partial charge in [0, 0.05) is 6.07 Å². The zero-order valence-corrected chi connectivity index (χ0v) is 11.8. The van der Waals surface area contributed by atoms with Crippen LogP contribution in [0.25, 0.3) is 0 Å². The van der Waals surface area contributed by atoms with Crippen molar-refractivity contribution in [3.8, 4) is 0 Å². The van der Waals surface area contributed by atoms with Gasteiger partial charge in [0.15, 0.2) is 6.04 Å². The van der Waals surface area contributed by atoms with Crippen molar-refractivity contribution in [2.75, 3.05) is 17.9 Å². The van der Waals surface area contributed by atoms with Crippen LogP contribution in [0.5, 0.6) is 0 Å². The number of anilines is 2. The molecule has 0 amide bonds. The first-order valence-corrected chi connectivity index (χ1v) is 6.35. The molecule has 7 heteroatoms. The Morgan fingerprint density at radius 2 is 1.90 bits per heavy atom. The van der Waals surface area contributed by atoms with Crippen LogP contribution in [0.2, 0.25) is 0 Å². The van der Waals surface area contributed by atoms with Gasteiger partial charge in [-0.1, -0.05) is 30.3 Å². The molecule has 0 saturated carbocycles. The van der Waals surface area contributed by atoms with Gasteiger partial charge in [0.2, 0.25) is 0 Å². The first kappa shape index (κ1) is 14.7. The lowest BCUT2D eigenvalue weighted by molar-refractivity contribution is -0.141. The van der Waals surface area contributed by atoms with E-state index in [0.29, 0.717) is 17.5 Å². The smallest absolute Gasteiger partial charge is 0.333 e. The largest absolute Gasteiger partial charge is 0.467 e. The van der Waals surface area contributed by atoms with Crippen LogP contribution in [0.15, 0.2) is 36.4 Å². The molecule has 0 fully saturated rings. The number of carbonyl (C=O) groups excluding carboxylic acids is 1. The molecule has 0 radical (unpaired) electrons. The monoisotopic (exact) mass is 287 g/mol. The fourth-order valence-electron chi connectivity index (χ4n) is 1.91. The second-order valence-electron chi connectivity index (χ2n) is 4.34. The first-order chi connectivity index (χ1) is 10.1. The van der Waals surface area contributed by atoms with Gasteiger partial charge in [0.1, 0.15) is 17.5 Å². The number of ether oxygens (including phenoxy) is 1. The number of methoxy groups -OCH3 is 1. The average Bonchev–Trinajstić information content (AvgIpc) is 2.52. The normalized spacial score (nSPS) is 11.6. The molecule has 0 aliphatic heterocycles. The Kier molecular flexibility index (Phi) is 4.68. The Labute approximate surface area is 122 Å². The molecule has 1 unspecified atom stereocenters. The molecule has 1 atom stereocenters. The summed E-state index contributed by atoms with van der Waals surface area (Å²) < 4.78 is 4.84. The summed E-state index contributed by atoms with van der Waals surface area (Å²) in [6.45, 7) is 1.74. The molecule has 0 spiro atoms. The molecule has 0 aliphatic carbocycles. The van der Waals surface area contributed by atoms with E-state index < -0.39 is 12.0 Å². The van der Waals surface area contributed by atoms with Gasteiger partial charge >= 0.3 is 5.97 Å². The summed E-state index contributed by atoms with van der Waals surface area (Å²) in [5.41, 5.74) is 3.24. The maximum absolute atomic E-state index is 12.0. The highest BCUT2D eigenvalue weighted by atomic mass is 16.5.